The van der Waals surface area contributed by atoms with E-state index in [4.69, 9.17) is 25.2 Å². The van der Waals surface area contributed by atoms with E-state index in [-0.39, 0.29) is 13.2 Å². The van der Waals surface area contributed by atoms with Gasteiger partial charge < -0.3 is 34.8 Å². The summed E-state index contributed by atoms with van der Waals surface area (Å²) in [5.41, 5.74) is -6.05. The molecular formula is C17H26NO14+. The number of carboxylic acids is 5. The third-order valence-corrected chi connectivity index (χ3v) is 3.86. The molecule has 5 N–H and O–H groups in total. The number of quaternary nitrogens is 1. The van der Waals surface area contributed by atoms with Crippen molar-refractivity contribution in [3.63, 3.8) is 0 Å². The number of rotatable bonds is 16. The van der Waals surface area contributed by atoms with Gasteiger partial charge in [-0.2, -0.15) is 0 Å². The molecule has 0 radical (unpaired) electrons. The van der Waals surface area contributed by atoms with Crippen molar-refractivity contribution in [1.29, 1.82) is 0 Å². The van der Waals surface area contributed by atoms with Gasteiger partial charge in [0, 0.05) is 0 Å². The fraction of sp³-hybridized carbons (Fsp3) is 0.647. The Balaban J connectivity index is 6.14. The van der Waals surface area contributed by atoms with E-state index in [0.717, 1.165) is 0 Å². The molecule has 182 valence electrons. The minimum Gasteiger partial charge on any atom is -0.481 e. The summed E-state index contributed by atoms with van der Waals surface area (Å²) in [7, 11) is 5.19. The summed E-state index contributed by atoms with van der Waals surface area (Å²) in [6.07, 6.45) is -5.69. The van der Waals surface area contributed by atoms with Gasteiger partial charge in [0.15, 0.2) is 0 Å². The number of aliphatic carboxylic acids is 5. The lowest BCUT2D eigenvalue weighted by Gasteiger charge is -2.32. The SMILES string of the molecule is C[N+](C)(C)CCOC(=O)C(CC(=O)O)(CC(=O)O)OOC(CC(=O)O)(CC(=O)O)C(=O)O. The van der Waals surface area contributed by atoms with E-state index < -0.39 is 72.7 Å². The molecule has 0 aliphatic rings. The normalized spacial score (nSPS) is 12.1. The van der Waals surface area contributed by atoms with Crippen LogP contribution in [0, 0.1) is 0 Å². The first-order chi connectivity index (χ1) is 14.4. The van der Waals surface area contributed by atoms with Crippen LogP contribution in [0.25, 0.3) is 0 Å². The topological polar surface area (TPSA) is 231 Å². The molecule has 0 heterocycles. The third kappa shape index (κ3) is 9.67. The van der Waals surface area contributed by atoms with Crippen LogP contribution in [0.3, 0.4) is 0 Å². The number of esters is 1. The number of carbonyl (C=O) groups excluding carboxylic acids is 1. The van der Waals surface area contributed by atoms with E-state index in [0.29, 0.717) is 4.48 Å². The zero-order chi connectivity index (χ0) is 25.3. The maximum atomic E-state index is 12.6. The highest BCUT2D eigenvalue weighted by molar-refractivity contribution is 5.90. The second kappa shape index (κ2) is 11.4. The lowest BCUT2D eigenvalue weighted by molar-refractivity contribution is -0.870. The highest BCUT2D eigenvalue weighted by atomic mass is 17.2. The van der Waals surface area contributed by atoms with Gasteiger partial charge >= 0.3 is 35.8 Å². The number of hydrogen-bond donors (Lipinski definition) is 5. The second-order valence-corrected chi connectivity index (χ2v) is 7.89. The standard InChI is InChI=1S/C17H25NO14/c1-18(2,3)4-5-30-15(29)17(8-12(23)24,9-13(25)26)32-31-16(14(27)28,6-10(19)20)7-11(21)22/h4-9H2,1-3H3,(H4-,19,20,21,22,23,24,25,26,27,28)/p+1. The Bertz CT molecular complexity index is 721. The molecule has 15 nitrogen and oxygen atoms in total. The maximum Gasteiger partial charge on any atom is 0.343 e. The van der Waals surface area contributed by atoms with Crippen molar-refractivity contribution in [2.45, 2.75) is 36.9 Å². The van der Waals surface area contributed by atoms with E-state index >= 15 is 0 Å². The number of carboxylic acid groups (broad SMARTS) is 5. The van der Waals surface area contributed by atoms with Gasteiger partial charge in [-0.15, -0.1) is 0 Å². The van der Waals surface area contributed by atoms with E-state index in [9.17, 15) is 33.9 Å². The van der Waals surface area contributed by atoms with Crippen LogP contribution in [0.2, 0.25) is 0 Å². The Kier molecular flexibility index (Phi) is 10.2. The fourth-order valence-electron chi connectivity index (χ4n) is 2.29. The summed E-state index contributed by atoms with van der Waals surface area (Å²) < 4.78 is 5.21. The summed E-state index contributed by atoms with van der Waals surface area (Å²) in [4.78, 5) is 78.2. The Labute approximate surface area is 181 Å². The molecule has 0 aromatic rings. The highest BCUT2D eigenvalue weighted by Crippen LogP contribution is 2.30. The first-order valence-electron chi connectivity index (χ1n) is 8.90. The number of likely N-dealkylation sites (N-methyl/N-ethyl adjacent to an activating group) is 1. The van der Waals surface area contributed by atoms with Gasteiger partial charge in [0.2, 0.25) is 11.2 Å². The quantitative estimate of drug-likeness (QED) is 0.0762. The Morgan fingerprint density at radius 3 is 1.31 bits per heavy atom. The van der Waals surface area contributed by atoms with Crippen LogP contribution in [-0.4, -0.2) is 111 Å². The molecule has 0 aromatic carbocycles. The molecule has 32 heavy (non-hydrogen) atoms. The fourth-order valence-corrected chi connectivity index (χ4v) is 2.29. The summed E-state index contributed by atoms with van der Waals surface area (Å²) in [6, 6.07) is 0. The van der Waals surface area contributed by atoms with E-state index in [1.807, 2.05) is 0 Å². The molecule has 0 aromatic heterocycles. The van der Waals surface area contributed by atoms with E-state index in [1.54, 1.807) is 21.1 Å². The molecule has 0 spiro atoms. The summed E-state index contributed by atoms with van der Waals surface area (Å²) in [5.74, 6) is -10.9. The van der Waals surface area contributed by atoms with Crippen LogP contribution in [0.15, 0.2) is 0 Å². The lowest BCUT2D eigenvalue weighted by atomic mass is 9.94. The highest BCUT2D eigenvalue weighted by Gasteiger charge is 2.53. The molecule has 0 aliphatic carbocycles. The number of nitrogens with zero attached hydrogens (tertiary/aromatic N) is 1. The molecule has 0 amide bonds. The van der Waals surface area contributed by atoms with Crippen LogP contribution in [0.4, 0.5) is 0 Å². The Morgan fingerprint density at radius 2 is 1.00 bits per heavy atom. The smallest absolute Gasteiger partial charge is 0.343 e. The van der Waals surface area contributed by atoms with Gasteiger partial charge in [0.05, 0.1) is 46.8 Å². The van der Waals surface area contributed by atoms with Crippen LogP contribution < -0.4 is 0 Å². The van der Waals surface area contributed by atoms with Gasteiger partial charge in [0.1, 0.15) is 13.2 Å². The van der Waals surface area contributed by atoms with Crippen molar-refractivity contribution in [2.75, 3.05) is 34.3 Å². The van der Waals surface area contributed by atoms with Gasteiger partial charge in [-0.25, -0.2) is 19.4 Å². The van der Waals surface area contributed by atoms with Crippen LogP contribution >= 0.6 is 0 Å². The van der Waals surface area contributed by atoms with E-state index in [2.05, 4.69) is 9.78 Å². The van der Waals surface area contributed by atoms with Crippen LogP contribution in [-0.2, 0) is 43.3 Å². The molecule has 0 atom stereocenters. The minimum atomic E-state index is -3.11. The van der Waals surface area contributed by atoms with Crippen molar-refractivity contribution >= 4 is 35.8 Å². The predicted octanol–water partition coefficient (Wildman–Crippen LogP) is -1.35. The van der Waals surface area contributed by atoms with Crippen molar-refractivity contribution in [3.05, 3.63) is 0 Å². The average molecular weight is 468 g/mol. The third-order valence-electron chi connectivity index (χ3n) is 3.86. The number of hydrogen-bond acceptors (Lipinski definition) is 9. The second-order valence-electron chi connectivity index (χ2n) is 7.89. The summed E-state index contributed by atoms with van der Waals surface area (Å²) in [5, 5.41) is 45.6. The monoisotopic (exact) mass is 468 g/mol. The molecule has 0 bridgehead atoms. The molecule has 0 aliphatic heterocycles. The first-order valence-corrected chi connectivity index (χ1v) is 8.90. The van der Waals surface area contributed by atoms with Crippen molar-refractivity contribution in [1.82, 2.24) is 0 Å². The van der Waals surface area contributed by atoms with Crippen molar-refractivity contribution < 1.29 is 73.3 Å². The van der Waals surface area contributed by atoms with Crippen LogP contribution in [0.5, 0.6) is 0 Å². The van der Waals surface area contributed by atoms with Gasteiger partial charge in [-0.05, 0) is 0 Å². The maximum absolute atomic E-state index is 12.6. The minimum absolute atomic E-state index is 0.208. The zero-order valence-electron chi connectivity index (χ0n) is 17.6. The van der Waals surface area contributed by atoms with Crippen LogP contribution in [0.1, 0.15) is 25.7 Å². The molecule has 15 heteroatoms. The zero-order valence-corrected chi connectivity index (χ0v) is 17.6. The van der Waals surface area contributed by atoms with Gasteiger partial charge in [-0.1, -0.05) is 0 Å². The Hall–Kier alpha value is -3.30. The molecular weight excluding hydrogens is 442 g/mol. The molecule has 0 saturated carbocycles. The van der Waals surface area contributed by atoms with Gasteiger partial charge in [-0.3, -0.25) is 19.2 Å². The molecule has 0 rings (SSSR count). The van der Waals surface area contributed by atoms with Gasteiger partial charge in [0.25, 0.3) is 0 Å². The summed E-state index contributed by atoms with van der Waals surface area (Å²) in [6.45, 7) is -0.110. The summed E-state index contributed by atoms with van der Waals surface area (Å²) >= 11 is 0. The van der Waals surface area contributed by atoms with E-state index in [1.165, 1.54) is 0 Å². The van der Waals surface area contributed by atoms with Crippen molar-refractivity contribution in [2.24, 2.45) is 0 Å². The molecule has 0 saturated heterocycles. The predicted molar refractivity (Wildman–Crippen MR) is 98.1 cm³/mol. The molecule has 0 fully saturated rings. The average Bonchev–Trinajstić information content (AvgIpc) is 2.55. The number of carbonyl (C=O) groups is 6. The van der Waals surface area contributed by atoms with Crippen molar-refractivity contribution in [3.8, 4) is 0 Å². The lowest BCUT2D eigenvalue weighted by Crippen LogP contribution is -2.52. The molecule has 0 unspecified atom stereocenters. The largest absolute Gasteiger partial charge is 0.481 e. The first kappa shape index (κ1) is 28.7. The Morgan fingerprint density at radius 1 is 0.656 bits per heavy atom. The number of ether oxygens (including phenoxy) is 1.